The summed E-state index contributed by atoms with van der Waals surface area (Å²) in [5, 5.41) is 0. The van der Waals surface area contributed by atoms with Crippen LogP contribution in [0.25, 0.3) is 0 Å². The molecule has 0 unspecified atom stereocenters. The van der Waals surface area contributed by atoms with Crippen LogP contribution in [-0.2, 0) is 19.1 Å². The minimum absolute atomic E-state index is 0.0741. The Balaban J connectivity index is 1.68. The predicted octanol–water partition coefficient (Wildman–Crippen LogP) is 0.120. The fourth-order valence-corrected chi connectivity index (χ4v) is 2.72. The average Bonchev–Trinajstić information content (AvgIpc) is 2.82. The smallest absolute Gasteiger partial charge is 0.311 e. The Hall–Kier alpha value is -1.14. The molecule has 0 bridgehead atoms. The van der Waals surface area contributed by atoms with Crippen molar-refractivity contribution in [2.24, 2.45) is 5.92 Å². The van der Waals surface area contributed by atoms with Crippen LogP contribution in [0, 0.1) is 5.92 Å². The Morgan fingerprint density at radius 1 is 1.35 bits per heavy atom. The van der Waals surface area contributed by atoms with Crippen molar-refractivity contribution in [1.29, 1.82) is 0 Å². The van der Waals surface area contributed by atoms with Crippen molar-refractivity contribution in [2.45, 2.75) is 19.8 Å². The monoisotopic (exact) mass is 284 g/mol. The van der Waals surface area contributed by atoms with Crippen LogP contribution in [0.1, 0.15) is 19.8 Å². The van der Waals surface area contributed by atoms with Crippen LogP contribution in [0.3, 0.4) is 0 Å². The normalized spacial score (nSPS) is 24.1. The van der Waals surface area contributed by atoms with Gasteiger partial charge in [-0.2, -0.15) is 0 Å². The van der Waals surface area contributed by atoms with Gasteiger partial charge in [-0.3, -0.25) is 14.5 Å². The second-order valence-corrected chi connectivity index (χ2v) is 5.30. The van der Waals surface area contributed by atoms with Crippen LogP contribution >= 0.6 is 0 Å². The molecule has 2 aliphatic rings. The Morgan fingerprint density at radius 2 is 2.10 bits per heavy atom. The van der Waals surface area contributed by atoms with E-state index < -0.39 is 0 Å². The number of hydrogen-bond donors (Lipinski definition) is 0. The molecule has 0 aliphatic carbocycles. The largest absolute Gasteiger partial charge is 0.466 e. The van der Waals surface area contributed by atoms with E-state index in [0.717, 1.165) is 45.8 Å². The van der Waals surface area contributed by atoms with Crippen LogP contribution in [0.4, 0.5) is 0 Å². The molecule has 0 spiro atoms. The van der Waals surface area contributed by atoms with Gasteiger partial charge in [-0.1, -0.05) is 0 Å². The molecular weight excluding hydrogens is 260 g/mol. The molecule has 0 aromatic rings. The number of rotatable bonds is 6. The molecule has 2 saturated heterocycles. The van der Waals surface area contributed by atoms with Gasteiger partial charge >= 0.3 is 5.97 Å². The van der Waals surface area contributed by atoms with Crippen molar-refractivity contribution in [1.82, 2.24) is 9.80 Å². The number of carbonyl (C=O) groups excluding carboxylic acids is 2. The molecule has 114 valence electrons. The summed E-state index contributed by atoms with van der Waals surface area (Å²) in [4.78, 5) is 27.6. The number of carbonyl (C=O) groups is 2. The number of esters is 1. The number of morpholine rings is 1. The molecule has 0 aromatic heterocycles. The minimum atomic E-state index is -0.272. The van der Waals surface area contributed by atoms with Crippen LogP contribution in [0.5, 0.6) is 0 Å². The van der Waals surface area contributed by atoms with Crippen LogP contribution in [-0.4, -0.2) is 74.2 Å². The molecule has 0 N–H and O–H groups in total. The first-order valence-corrected chi connectivity index (χ1v) is 7.45. The summed E-state index contributed by atoms with van der Waals surface area (Å²) in [7, 11) is 0. The molecule has 2 rings (SSSR count). The molecule has 0 radical (unpaired) electrons. The van der Waals surface area contributed by atoms with E-state index in [1.54, 1.807) is 11.8 Å². The van der Waals surface area contributed by atoms with Crippen molar-refractivity contribution in [3.63, 3.8) is 0 Å². The summed E-state index contributed by atoms with van der Waals surface area (Å²) in [5.74, 6) is -0.438. The highest BCUT2D eigenvalue weighted by atomic mass is 16.5. The van der Waals surface area contributed by atoms with Crippen molar-refractivity contribution in [3.05, 3.63) is 0 Å². The maximum atomic E-state index is 11.9. The Labute approximate surface area is 120 Å². The zero-order valence-corrected chi connectivity index (χ0v) is 12.2. The molecule has 20 heavy (non-hydrogen) atoms. The van der Waals surface area contributed by atoms with E-state index in [-0.39, 0.29) is 17.8 Å². The van der Waals surface area contributed by atoms with Gasteiger partial charge in [0.1, 0.15) is 0 Å². The van der Waals surface area contributed by atoms with Gasteiger partial charge in [0.15, 0.2) is 0 Å². The third-order valence-corrected chi connectivity index (χ3v) is 3.84. The summed E-state index contributed by atoms with van der Waals surface area (Å²) in [6, 6.07) is 0. The molecule has 6 heteroatoms. The van der Waals surface area contributed by atoms with E-state index in [1.165, 1.54) is 0 Å². The van der Waals surface area contributed by atoms with Crippen LogP contribution < -0.4 is 0 Å². The van der Waals surface area contributed by atoms with Gasteiger partial charge in [-0.15, -0.1) is 0 Å². The van der Waals surface area contributed by atoms with Crippen molar-refractivity contribution in [3.8, 4) is 0 Å². The highest BCUT2D eigenvalue weighted by molar-refractivity contribution is 5.86. The van der Waals surface area contributed by atoms with E-state index >= 15 is 0 Å². The summed E-state index contributed by atoms with van der Waals surface area (Å²) >= 11 is 0. The van der Waals surface area contributed by atoms with Gasteiger partial charge in [-0.25, -0.2) is 0 Å². The molecule has 0 saturated carbocycles. The highest BCUT2D eigenvalue weighted by Gasteiger charge is 2.34. The second-order valence-electron chi connectivity index (χ2n) is 5.30. The summed E-state index contributed by atoms with van der Waals surface area (Å²) in [6.07, 6.45) is 1.25. The third kappa shape index (κ3) is 4.18. The quantitative estimate of drug-likeness (QED) is 0.648. The Kier molecular flexibility index (Phi) is 5.79. The third-order valence-electron chi connectivity index (χ3n) is 3.84. The summed E-state index contributed by atoms with van der Waals surface area (Å²) in [5.41, 5.74) is 0. The van der Waals surface area contributed by atoms with Gasteiger partial charge in [0.25, 0.3) is 0 Å². The lowest BCUT2D eigenvalue weighted by molar-refractivity contribution is -0.147. The standard InChI is InChI=1S/C14H24N2O4/c1-2-20-14(18)12-10-13(17)16(11-12)5-3-4-15-6-8-19-9-7-15/h12H,2-11H2,1H3/t12-/m1/s1. The summed E-state index contributed by atoms with van der Waals surface area (Å²) in [6.45, 7) is 7.93. The number of likely N-dealkylation sites (tertiary alicyclic amines) is 1. The summed E-state index contributed by atoms with van der Waals surface area (Å²) < 4.78 is 10.3. The lowest BCUT2D eigenvalue weighted by Gasteiger charge is -2.27. The number of nitrogens with zero attached hydrogens (tertiary/aromatic N) is 2. The first-order valence-electron chi connectivity index (χ1n) is 7.45. The molecule has 2 fully saturated rings. The highest BCUT2D eigenvalue weighted by Crippen LogP contribution is 2.19. The average molecular weight is 284 g/mol. The molecule has 2 heterocycles. The maximum absolute atomic E-state index is 11.9. The van der Waals surface area contributed by atoms with E-state index in [4.69, 9.17) is 9.47 Å². The fraction of sp³-hybridized carbons (Fsp3) is 0.857. The topological polar surface area (TPSA) is 59.1 Å². The predicted molar refractivity (Wildman–Crippen MR) is 73.2 cm³/mol. The SMILES string of the molecule is CCOC(=O)[C@@H]1CC(=O)N(CCCN2CCOCC2)C1. The van der Waals surface area contributed by atoms with Gasteiger partial charge in [0.2, 0.25) is 5.91 Å². The van der Waals surface area contributed by atoms with Gasteiger partial charge < -0.3 is 14.4 Å². The van der Waals surface area contributed by atoms with Gasteiger partial charge in [-0.05, 0) is 13.3 Å². The first-order chi connectivity index (χ1) is 9.70. The molecule has 1 amide bonds. The van der Waals surface area contributed by atoms with Gasteiger partial charge in [0, 0.05) is 39.1 Å². The molecular formula is C14H24N2O4. The second kappa shape index (κ2) is 7.59. The van der Waals surface area contributed by atoms with Crippen molar-refractivity contribution >= 4 is 11.9 Å². The fourth-order valence-electron chi connectivity index (χ4n) is 2.72. The first kappa shape index (κ1) is 15.3. The van der Waals surface area contributed by atoms with E-state index in [2.05, 4.69) is 4.90 Å². The Morgan fingerprint density at radius 3 is 2.80 bits per heavy atom. The van der Waals surface area contributed by atoms with Gasteiger partial charge in [0.05, 0.1) is 25.7 Å². The lowest BCUT2D eigenvalue weighted by atomic mass is 10.1. The van der Waals surface area contributed by atoms with Crippen molar-refractivity contribution < 1.29 is 19.1 Å². The lowest BCUT2D eigenvalue weighted by Crippen LogP contribution is -2.38. The zero-order chi connectivity index (χ0) is 14.4. The maximum Gasteiger partial charge on any atom is 0.311 e. The van der Waals surface area contributed by atoms with Crippen LogP contribution in [0.2, 0.25) is 0 Å². The van der Waals surface area contributed by atoms with E-state index in [9.17, 15) is 9.59 Å². The Bertz CT molecular complexity index is 342. The number of ether oxygens (including phenoxy) is 2. The molecule has 6 nitrogen and oxygen atoms in total. The number of hydrogen-bond acceptors (Lipinski definition) is 5. The van der Waals surface area contributed by atoms with E-state index in [0.29, 0.717) is 19.6 Å². The zero-order valence-electron chi connectivity index (χ0n) is 12.2. The van der Waals surface area contributed by atoms with E-state index in [1.807, 2.05) is 0 Å². The minimum Gasteiger partial charge on any atom is -0.466 e. The van der Waals surface area contributed by atoms with Crippen LogP contribution in [0.15, 0.2) is 0 Å². The van der Waals surface area contributed by atoms with Crippen molar-refractivity contribution in [2.75, 3.05) is 52.5 Å². The molecule has 0 aromatic carbocycles. The molecule has 2 aliphatic heterocycles. The molecule has 1 atom stereocenters. The number of amides is 1.